The van der Waals surface area contributed by atoms with Gasteiger partial charge in [0, 0.05) is 11.5 Å². The number of aromatic nitrogens is 1. The third-order valence-corrected chi connectivity index (χ3v) is 2.58. The third kappa shape index (κ3) is 2.36. The number of aliphatic carboxylic acids is 1. The van der Waals surface area contributed by atoms with Crippen molar-refractivity contribution in [1.82, 2.24) is 4.98 Å². The molecule has 2 aromatic rings. The second-order valence-corrected chi connectivity index (χ2v) is 3.91. The van der Waals surface area contributed by atoms with Crippen LogP contribution in [0.3, 0.4) is 0 Å². The Bertz CT molecular complexity index is 578. The Morgan fingerprint density at radius 2 is 2.18 bits per heavy atom. The number of carboxylic acids is 1. The van der Waals surface area contributed by atoms with Crippen molar-refractivity contribution in [2.45, 2.75) is 13.3 Å². The number of methoxy groups -OCH3 is 1. The molecule has 0 saturated carbocycles. The van der Waals surface area contributed by atoms with E-state index in [0.717, 1.165) is 22.0 Å². The minimum atomic E-state index is -0.861. The van der Waals surface area contributed by atoms with Crippen molar-refractivity contribution in [3.8, 4) is 5.88 Å². The summed E-state index contributed by atoms with van der Waals surface area (Å²) in [6.45, 7) is 1.97. The van der Waals surface area contributed by atoms with Crippen molar-refractivity contribution >= 4 is 16.9 Å². The number of pyridine rings is 1. The second-order valence-electron chi connectivity index (χ2n) is 3.91. The SMILES string of the molecule is COc1cc(CC(=O)O)c2ccc(C)cc2n1. The van der Waals surface area contributed by atoms with Gasteiger partial charge >= 0.3 is 5.97 Å². The minimum absolute atomic E-state index is 0.0293. The van der Waals surface area contributed by atoms with Crippen LogP contribution < -0.4 is 4.74 Å². The smallest absolute Gasteiger partial charge is 0.307 e. The van der Waals surface area contributed by atoms with Gasteiger partial charge < -0.3 is 9.84 Å². The maximum atomic E-state index is 10.8. The Morgan fingerprint density at radius 3 is 2.82 bits per heavy atom. The quantitative estimate of drug-likeness (QED) is 0.879. The van der Waals surface area contributed by atoms with Crippen molar-refractivity contribution in [2.24, 2.45) is 0 Å². The van der Waals surface area contributed by atoms with Gasteiger partial charge in [-0.3, -0.25) is 4.79 Å². The van der Waals surface area contributed by atoms with Gasteiger partial charge in [-0.25, -0.2) is 4.98 Å². The zero-order chi connectivity index (χ0) is 12.4. The fourth-order valence-corrected chi connectivity index (χ4v) is 1.80. The zero-order valence-electron chi connectivity index (χ0n) is 9.73. The number of hydrogen-bond acceptors (Lipinski definition) is 3. The number of aryl methyl sites for hydroxylation is 1. The molecule has 0 aliphatic carbocycles. The molecule has 1 N–H and O–H groups in total. The lowest BCUT2D eigenvalue weighted by molar-refractivity contribution is -0.136. The van der Waals surface area contributed by atoms with Gasteiger partial charge in [0.25, 0.3) is 0 Å². The first-order valence-electron chi connectivity index (χ1n) is 5.26. The summed E-state index contributed by atoms with van der Waals surface area (Å²) < 4.78 is 5.08. The molecule has 0 fully saturated rings. The number of carboxylic acid groups (broad SMARTS) is 1. The Morgan fingerprint density at radius 1 is 1.41 bits per heavy atom. The minimum Gasteiger partial charge on any atom is -0.481 e. The number of ether oxygens (including phenoxy) is 1. The number of fused-ring (bicyclic) bond motifs is 1. The molecule has 1 heterocycles. The van der Waals surface area contributed by atoms with Crippen LogP contribution in [0.4, 0.5) is 0 Å². The highest BCUT2D eigenvalue weighted by molar-refractivity contribution is 5.87. The number of carbonyl (C=O) groups is 1. The first kappa shape index (κ1) is 11.4. The van der Waals surface area contributed by atoms with E-state index in [4.69, 9.17) is 9.84 Å². The summed E-state index contributed by atoms with van der Waals surface area (Å²) in [5.74, 6) is -0.417. The van der Waals surface area contributed by atoms with Crippen molar-refractivity contribution < 1.29 is 14.6 Å². The highest BCUT2D eigenvalue weighted by Gasteiger charge is 2.09. The predicted molar refractivity (Wildman–Crippen MR) is 64.4 cm³/mol. The summed E-state index contributed by atoms with van der Waals surface area (Å²) in [5.41, 5.74) is 2.57. The Balaban J connectivity index is 2.66. The van der Waals surface area contributed by atoms with Crippen molar-refractivity contribution in [3.63, 3.8) is 0 Å². The normalized spacial score (nSPS) is 10.5. The maximum absolute atomic E-state index is 10.8. The van der Waals surface area contributed by atoms with Gasteiger partial charge in [-0.05, 0) is 24.1 Å². The molecule has 4 heteroatoms. The largest absolute Gasteiger partial charge is 0.481 e. The standard InChI is InChI=1S/C13H13NO3/c1-8-3-4-10-9(7-13(15)16)6-12(17-2)14-11(10)5-8/h3-6H,7H2,1-2H3,(H,15,16). The first-order chi connectivity index (χ1) is 8.10. The molecule has 0 spiro atoms. The number of benzene rings is 1. The fourth-order valence-electron chi connectivity index (χ4n) is 1.80. The third-order valence-electron chi connectivity index (χ3n) is 2.58. The predicted octanol–water partition coefficient (Wildman–Crippen LogP) is 2.18. The topological polar surface area (TPSA) is 59.4 Å². The summed E-state index contributed by atoms with van der Waals surface area (Å²) in [5, 5.41) is 9.74. The highest BCUT2D eigenvalue weighted by Crippen LogP contribution is 2.23. The lowest BCUT2D eigenvalue weighted by Gasteiger charge is -2.07. The number of nitrogens with zero attached hydrogens (tertiary/aromatic N) is 1. The van der Waals surface area contributed by atoms with Gasteiger partial charge in [-0.15, -0.1) is 0 Å². The van der Waals surface area contributed by atoms with E-state index in [-0.39, 0.29) is 6.42 Å². The van der Waals surface area contributed by atoms with Crippen LogP contribution in [0.1, 0.15) is 11.1 Å². The fraction of sp³-hybridized carbons (Fsp3) is 0.231. The summed E-state index contributed by atoms with van der Waals surface area (Å²) in [4.78, 5) is 15.1. The van der Waals surface area contributed by atoms with Crippen LogP contribution in [-0.4, -0.2) is 23.2 Å². The van der Waals surface area contributed by atoms with Crippen LogP contribution >= 0.6 is 0 Å². The van der Waals surface area contributed by atoms with Crippen LogP contribution in [0.2, 0.25) is 0 Å². The van der Waals surface area contributed by atoms with Gasteiger partial charge in [0.1, 0.15) is 0 Å². The van der Waals surface area contributed by atoms with Crippen molar-refractivity contribution in [1.29, 1.82) is 0 Å². The van der Waals surface area contributed by atoms with Gasteiger partial charge in [0.2, 0.25) is 5.88 Å². The molecule has 0 saturated heterocycles. The van der Waals surface area contributed by atoms with Crippen LogP contribution in [0, 0.1) is 6.92 Å². The van der Waals surface area contributed by atoms with E-state index in [9.17, 15) is 4.79 Å². The van der Waals surface area contributed by atoms with Gasteiger partial charge in [0.05, 0.1) is 19.0 Å². The Kier molecular flexibility index (Phi) is 2.95. The number of hydrogen-bond donors (Lipinski definition) is 1. The van der Waals surface area contributed by atoms with E-state index in [1.807, 2.05) is 25.1 Å². The molecule has 1 aromatic heterocycles. The Hall–Kier alpha value is -2.10. The van der Waals surface area contributed by atoms with E-state index >= 15 is 0 Å². The maximum Gasteiger partial charge on any atom is 0.307 e. The summed E-state index contributed by atoms with van der Waals surface area (Å²) in [6, 6.07) is 7.44. The molecule has 0 aliphatic rings. The molecule has 17 heavy (non-hydrogen) atoms. The monoisotopic (exact) mass is 231 g/mol. The van der Waals surface area contributed by atoms with E-state index in [1.165, 1.54) is 7.11 Å². The van der Waals surface area contributed by atoms with E-state index in [0.29, 0.717) is 5.88 Å². The van der Waals surface area contributed by atoms with Gasteiger partial charge in [0.15, 0.2) is 0 Å². The Labute approximate surface area is 98.9 Å². The van der Waals surface area contributed by atoms with Gasteiger partial charge in [-0.2, -0.15) is 0 Å². The average Bonchev–Trinajstić information content (AvgIpc) is 2.27. The highest BCUT2D eigenvalue weighted by atomic mass is 16.5. The van der Waals surface area contributed by atoms with Gasteiger partial charge in [-0.1, -0.05) is 12.1 Å². The molecule has 88 valence electrons. The molecule has 0 bridgehead atoms. The molecule has 0 atom stereocenters. The summed E-state index contributed by atoms with van der Waals surface area (Å²) >= 11 is 0. The lowest BCUT2D eigenvalue weighted by Crippen LogP contribution is -2.02. The zero-order valence-corrected chi connectivity index (χ0v) is 9.73. The molecule has 0 unspecified atom stereocenters. The van der Waals surface area contributed by atoms with Crippen molar-refractivity contribution in [3.05, 3.63) is 35.4 Å². The summed E-state index contributed by atoms with van der Waals surface area (Å²) in [7, 11) is 1.52. The van der Waals surface area contributed by atoms with Crippen LogP contribution in [0.25, 0.3) is 10.9 Å². The lowest BCUT2D eigenvalue weighted by atomic mass is 10.0. The van der Waals surface area contributed by atoms with Crippen LogP contribution in [0.15, 0.2) is 24.3 Å². The van der Waals surface area contributed by atoms with E-state index in [2.05, 4.69) is 4.98 Å². The second kappa shape index (κ2) is 4.41. The molecule has 0 aliphatic heterocycles. The number of rotatable bonds is 3. The molecule has 1 aromatic carbocycles. The molecular formula is C13H13NO3. The van der Waals surface area contributed by atoms with Crippen LogP contribution in [0.5, 0.6) is 5.88 Å². The molecule has 2 rings (SSSR count). The first-order valence-corrected chi connectivity index (χ1v) is 5.26. The van der Waals surface area contributed by atoms with E-state index < -0.39 is 5.97 Å². The molecular weight excluding hydrogens is 218 g/mol. The molecule has 0 amide bonds. The molecule has 4 nitrogen and oxygen atoms in total. The van der Waals surface area contributed by atoms with Crippen molar-refractivity contribution in [2.75, 3.05) is 7.11 Å². The average molecular weight is 231 g/mol. The molecule has 0 radical (unpaired) electrons. The van der Waals surface area contributed by atoms with E-state index in [1.54, 1.807) is 6.07 Å². The summed E-state index contributed by atoms with van der Waals surface area (Å²) in [6.07, 6.45) is -0.0293. The van der Waals surface area contributed by atoms with Crippen LogP contribution in [-0.2, 0) is 11.2 Å².